The quantitative estimate of drug-likeness (QED) is 0.352. The van der Waals surface area contributed by atoms with Crippen molar-refractivity contribution in [1.82, 2.24) is 9.55 Å². The fraction of sp³-hybridized carbons (Fsp3) is 0.455. The number of hydrogen-bond acceptors (Lipinski definition) is 5. The number of alkyl halides is 2. The van der Waals surface area contributed by atoms with Gasteiger partial charge in [-0.3, -0.25) is 18.9 Å². The predicted molar refractivity (Wildman–Crippen MR) is 86.2 cm³/mol. The van der Waals surface area contributed by atoms with Crippen molar-refractivity contribution in [3.8, 4) is 0 Å². The summed E-state index contributed by atoms with van der Waals surface area (Å²) in [4.78, 5) is 43.0. The molecule has 1 aromatic heterocycles. The lowest BCUT2D eigenvalue weighted by molar-refractivity contribution is -0.140. The Morgan fingerprint density at radius 3 is 2.62 bits per heavy atom. The van der Waals surface area contributed by atoms with E-state index in [4.69, 9.17) is 14.5 Å². The molecular formula is C11H12F2IN2O7P. The molecule has 2 heterocycles. The summed E-state index contributed by atoms with van der Waals surface area (Å²) < 4.78 is 46.0. The van der Waals surface area contributed by atoms with Gasteiger partial charge >= 0.3 is 19.2 Å². The third kappa shape index (κ3) is 3.83. The summed E-state index contributed by atoms with van der Waals surface area (Å²) in [5.74, 6) is -4.01. The van der Waals surface area contributed by atoms with Crippen LogP contribution in [0.4, 0.5) is 8.78 Å². The highest BCUT2D eigenvalue weighted by molar-refractivity contribution is 14.1. The van der Waals surface area contributed by atoms with Crippen LogP contribution >= 0.6 is 30.2 Å². The van der Waals surface area contributed by atoms with E-state index in [-0.39, 0.29) is 5.56 Å². The van der Waals surface area contributed by atoms with Gasteiger partial charge < -0.3 is 19.6 Å². The number of hydrogen-bond donors (Lipinski definition) is 4. The van der Waals surface area contributed by atoms with Crippen molar-refractivity contribution in [3.05, 3.63) is 36.7 Å². The maximum absolute atomic E-state index is 14.2. The first-order valence-electron chi connectivity index (χ1n) is 6.35. The lowest BCUT2D eigenvalue weighted by atomic mass is 10.1. The number of nitrogens with zero attached hydrogens (tertiary/aromatic N) is 1. The summed E-state index contributed by atoms with van der Waals surface area (Å²) in [6, 6.07) is 0. The first-order chi connectivity index (χ1) is 11.0. The summed E-state index contributed by atoms with van der Waals surface area (Å²) in [5.41, 5.74) is -2.13. The molecule has 1 aliphatic rings. The van der Waals surface area contributed by atoms with E-state index in [1.807, 2.05) is 4.98 Å². The zero-order chi connectivity index (χ0) is 18.3. The fourth-order valence-corrected chi connectivity index (χ4v) is 3.36. The molecule has 0 aliphatic carbocycles. The van der Waals surface area contributed by atoms with Crippen molar-refractivity contribution in [1.29, 1.82) is 0 Å². The number of rotatable bonds is 4. The molecular weight excluding hydrogens is 468 g/mol. The number of halogens is 3. The molecule has 0 saturated carbocycles. The minimum absolute atomic E-state index is 0.115. The van der Waals surface area contributed by atoms with Crippen LogP contribution in [0.3, 0.4) is 0 Å². The van der Waals surface area contributed by atoms with Gasteiger partial charge in [-0.2, -0.15) is 8.78 Å². The van der Waals surface area contributed by atoms with Gasteiger partial charge in [-0.1, -0.05) is 22.6 Å². The largest absolute Gasteiger partial charge is 0.384 e. The molecule has 0 amide bonds. The van der Waals surface area contributed by atoms with Crippen LogP contribution < -0.4 is 11.2 Å². The first kappa shape index (κ1) is 19.4. The molecule has 1 aromatic rings. The molecule has 9 nitrogen and oxygen atoms in total. The van der Waals surface area contributed by atoms with Crippen molar-refractivity contribution in [3.63, 3.8) is 0 Å². The second-order valence-electron chi connectivity index (χ2n) is 5.04. The summed E-state index contributed by atoms with van der Waals surface area (Å²) in [6.45, 7) is 0. The summed E-state index contributed by atoms with van der Waals surface area (Å²) in [5, 5.41) is 9.61. The number of ether oxygens (including phenoxy) is 1. The Bertz CT molecular complexity index is 817. The minimum atomic E-state index is -4.74. The lowest BCUT2D eigenvalue weighted by Gasteiger charge is -2.21. The first-order valence-corrected chi connectivity index (χ1v) is 9.40. The Labute approximate surface area is 146 Å². The van der Waals surface area contributed by atoms with Gasteiger partial charge in [0.1, 0.15) is 12.2 Å². The smallest absolute Gasteiger partial charge is 0.330 e. The maximum atomic E-state index is 14.2. The van der Waals surface area contributed by atoms with E-state index in [1.165, 1.54) is 10.2 Å². The molecule has 2 rings (SSSR count). The second kappa shape index (κ2) is 6.77. The van der Waals surface area contributed by atoms with Crippen LogP contribution in [0.2, 0.25) is 0 Å². The molecule has 1 saturated heterocycles. The molecule has 134 valence electrons. The minimum Gasteiger partial charge on any atom is -0.384 e. The molecule has 3 atom stereocenters. The average molecular weight is 480 g/mol. The molecule has 0 radical (unpaired) electrons. The standard InChI is InChI=1S/C11H12F2IN2O7P/c12-11(13)7(17)6(4-24(20,21)22)23-9(11)16-3-5(1-2-14)8(18)15-10(16)19/h1-3,6-7,9,17H,4H2,(H,15,18,19)(H2,20,21,22)/b2-1+/t6-,7-,9-/m1/s1. The van der Waals surface area contributed by atoms with Crippen LogP contribution in [0, 0.1) is 0 Å². The fourth-order valence-electron chi connectivity index (χ4n) is 2.21. The molecule has 24 heavy (non-hydrogen) atoms. The Morgan fingerprint density at radius 1 is 1.46 bits per heavy atom. The summed E-state index contributed by atoms with van der Waals surface area (Å²) in [7, 11) is -4.74. The van der Waals surface area contributed by atoms with Crippen molar-refractivity contribution >= 4 is 36.3 Å². The van der Waals surface area contributed by atoms with Gasteiger partial charge in [0.2, 0.25) is 6.23 Å². The Hall–Kier alpha value is -0.920. The molecule has 13 heteroatoms. The van der Waals surface area contributed by atoms with Gasteiger partial charge in [-0.05, 0) is 10.2 Å². The third-order valence-corrected chi connectivity index (χ3v) is 4.48. The van der Waals surface area contributed by atoms with Gasteiger partial charge in [0.15, 0.2) is 0 Å². The van der Waals surface area contributed by atoms with Gasteiger partial charge in [-0.25, -0.2) is 4.79 Å². The van der Waals surface area contributed by atoms with E-state index in [1.54, 1.807) is 22.6 Å². The van der Waals surface area contributed by atoms with Crippen LogP contribution in [0.15, 0.2) is 19.9 Å². The van der Waals surface area contributed by atoms with Crippen molar-refractivity contribution in [2.24, 2.45) is 0 Å². The normalized spacial score (nSPS) is 27.0. The zero-order valence-corrected chi connectivity index (χ0v) is 14.7. The van der Waals surface area contributed by atoms with Gasteiger partial charge in [0.05, 0.1) is 11.7 Å². The van der Waals surface area contributed by atoms with E-state index in [9.17, 15) is 28.0 Å². The van der Waals surface area contributed by atoms with E-state index in [0.29, 0.717) is 4.57 Å². The van der Waals surface area contributed by atoms with Crippen LogP contribution in [0.1, 0.15) is 11.8 Å². The van der Waals surface area contributed by atoms with Crippen molar-refractivity contribution in [2.45, 2.75) is 24.4 Å². The molecule has 0 unspecified atom stereocenters. The van der Waals surface area contributed by atoms with Gasteiger partial charge in [0, 0.05) is 6.20 Å². The number of aliphatic hydroxyl groups is 1. The molecule has 1 aliphatic heterocycles. The van der Waals surface area contributed by atoms with Crippen LogP contribution in [0.25, 0.3) is 6.08 Å². The van der Waals surface area contributed by atoms with Gasteiger partial charge in [-0.15, -0.1) is 0 Å². The Morgan fingerprint density at radius 2 is 2.08 bits per heavy atom. The number of H-pyrrole nitrogens is 1. The number of nitrogens with one attached hydrogen (secondary N) is 1. The molecule has 1 fully saturated rings. The summed E-state index contributed by atoms with van der Waals surface area (Å²) in [6.07, 6.45) is -5.80. The average Bonchev–Trinajstić information content (AvgIpc) is 2.64. The highest BCUT2D eigenvalue weighted by Crippen LogP contribution is 2.47. The predicted octanol–water partition coefficient (Wildman–Crippen LogP) is 0.0136. The molecule has 0 aromatic carbocycles. The highest BCUT2D eigenvalue weighted by Gasteiger charge is 2.60. The van der Waals surface area contributed by atoms with Crippen molar-refractivity contribution < 1.29 is 33.0 Å². The maximum Gasteiger partial charge on any atom is 0.330 e. The molecule has 4 N–H and O–H groups in total. The number of aromatic amines is 1. The topological polar surface area (TPSA) is 142 Å². The van der Waals surface area contributed by atoms with E-state index in [0.717, 1.165) is 6.20 Å². The molecule has 0 spiro atoms. The van der Waals surface area contributed by atoms with Crippen LogP contribution in [-0.4, -0.2) is 48.7 Å². The Balaban J connectivity index is 2.48. The Kier molecular flexibility index (Phi) is 5.47. The van der Waals surface area contributed by atoms with Crippen LogP contribution in [-0.2, 0) is 9.30 Å². The van der Waals surface area contributed by atoms with E-state index < -0.39 is 49.4 Å². The zero-order valence-electron chi connectivity index (χ0n) is 11.7. The van der Waals surface area contributed by atoms with Crippen molar-refractivity contribution in [2.75, 3.05) is 6.16 Å². The lowest BCUT2D eigenvalue weighted by Crippen LogP contribution is -2.43. The monoisotopic (exact) mass is 480 g/mol. The second-order valence-corrected chi connectivity index (χ2v) is 7.45. The van der Waals surface area contributed by atoms with E-state index in [2.05, 4.69) is 0 Å². The van der Waals surface area contributed by atoms with Crippen LogP contribution in [0.5, 0.6) is 0 Å². The van der Waals surface area contributed by atoms with Gasteiger partial charge in [0.25, 0.3) is 5.56 Å². The number of aliphatic hydroxyl groups excluding tert-OH is 1. The SMILES string of the molecule is O=c1[nH]c(=O)n([C@@H]2O[C@H](CP(=O)(O)O)[C@@H](O)C2(F)F)cc1/C=C/I. The number of aromatic nitrogens is 2. The van der Waals surface area contributed by atoms with E-state index >= 15 is 0 Å². The molecule has 0 bridgehead atoms. The summed E-state index contributed by atoms with van der Waals surface area (Å²) >= 11 is 1.78. The highest BCUT2D eigenvalue weighted by atomic mass is 127. The third-order valence-electron chi connectivity index (χ3n) is 3.29.